The summed E-state index contributed by atoms with van der Waals surface area (Å²) in [7, 11) is -7.15. The summed E-state index contributed by atoms with van der Waals surface area (Å²) in [6.45, 7) is 2.57. The van der Waals surface area contributed by atoms with Crippen LogP contribution in [0.25, 0.3) is 0 Å². The average molecular weight is 469 g/mol. The van der Waals surface area contributed by atoms with E-state index < -0.39 is 31.0 Å². The van der Waals surface area contributed by atoms with Crippen molar-refractivity contribution in [3.63, 3.8) is 0 Å². The molecule has 2 fully saturated rings. The Morgan fingerprint density at radius 1 is 1.03 bits per heavy atom. The first-order chi connectivity index (χ1) is 14.4. The van der Waals surface area contributed by atoms with Crippen molar-refractivity contribution in [1.29, 1.82) is 0 Å². The predicted molar refractivity (Wildman–Crippen MR) is 120 cm³/mol. The van der Waals surface area contributed by atoms with Gasteiger partial charge in [-0.15, -0.1) is 11.3 Å². The molecule has 1 N–H and O–H groups in total. The quantitative estimate of drug-likeness (QED) is 0.672. The van der Waals surface area contributed by atoms with Crippen LogP contribution in [0.2, 0.25) is 0 Å². The summed E-state index contributed by atoms with van der Waals surface area (Å²) in [6.07, 6.45) is 3.55. The summed E-state index contributed by atoms with van der Waals surface area (Å²) >= 11 is 1.69. The van der Waals surface area contributed by atoms with Crippen LogP contribution in [0.3, 0.4) is 0 Å². The summed E-state index contributed by atoms with van der Waals surface area (Å²) in [6, 6.07) is 11.8. The van der Waals surface area contributed by atoms with Gasteiger partial charge in [0.25, 0.3) is 0 Å². The van der Waals surface area contributed by atoms with Crippen LogP contribution in [0, 0.1) is 0 Å². The Morgan fingerprint density at radius 2 is 1.77 bits per heavy atom. The summed E-state index contributed by atoms with van der Waals surface area (Å²) < 4.78 is 51.2. The first kappa shape index (κ1) is 22.0. The van der Waals surface area contributed by atoms with Crippen LogP contribution >= 0.6 is 11.3 Å². The predicted octanol–water partition coefficient (Wildman–Crippen LogP) is 2.50. The topological polar surface area (TPSA) is 83.6 Å². The van der Waals surface area contributed by atoms with Crippen LogP contribution < -0.4 is 5.32 Å². The summed E-state index contributed by atoms with van der Waals surface area (Å²) in [4.78, 5) is 3.85. The number of piperidine rings is 1. The van der Waals surface area contributed by atoms with Gasteiger partial charge < -0.3 is 5.32 Å². The van der Waals surface area contributed by atoms with Crippen LogP contribution in [0.15, 0.2) is 52.7 Å². The third-order valence-electron chi connectivity index (χ3n) is 6.05. The first-order valence-corrected chi connectivity index (χ1v) is 14.6. The number of nitrogens with one attached hydrogen (secondary N) is 1. The molecule has 6 nitrogen and oxygen atoms in total. The largest absolute Gasteiger partial charge is 0.310 e. The third kappa shape index (κ3) is 4.80. The van der Waals surface area contributed by atoms with E-state index in [9.17, 15) is 16.8 Å². The molecule has 3 atom stereocenters. The Kier molecular flexibility index (Phi) is 6.64. The Hall–Kier alpha value is -1.26. The van der Waals surface area contributed by atoms with E-state index in [-0.39, 0.29) is 22.4 Å². The fourth-order valence-corrected chi connectivity index (χ4v) is 10.1. The fraction of sp³-hybridized carbons (Fsp3) is 0.524. The highest BCUT2D eigenvalue weighted by atomic mass is 32.2. The van der Waals surface area contributed by atoms with E-state index in [1.54, 1.807) is 41.7 Å². The molecule has 0 bridgehead atoms. The van der Waals surface area contributed by atoms with E-state index in [4.69, 9.17) is 0 Å². The van der Waals surface area contributed by atoms with Crippen molar-refractivity contribution < 1.29 is 16.8 Å². The lowest BCUT2D eigenvalue weighted by molar-refractivity contribution is 0.160. The fourth-order valence-electron chi connectivity index (χ4n) is 4.48. The normalized spacial score (nSPS) is 25.9. The minimum atomic E-state index is -3.74. The smallest absolute Gasteiger partial charge is 0.183 e. The van der Waals surface area contributed by atoms with Crippen LogP contribution in [0.4, 0.5) is 0 Å². The Bertz CT molecular complexity index is 1030. The molecule has 0 aliphatic carbocycles. The molecule has 0 saturated carbocycles. The molecule has 2 aromatic rings. The van der Waals surface area contributed by atoms with E-state index in [1.807, 2.05) is 6.07 Å². The van der Waals surface area contributed by atoms with Crippen molar-refractivity contribution in [2.75, 3.05) is 31.1 Å². The van der Waals surface area contributed by atoms with Gasteiger partial charge in [-0.05, 0) is 49.5 Å². The van der Waals surface area contributed by atoms with Gasteiger partial charge in [0.15, 0.2) is 19.7 Å². The zero-order valence-electron chi connectivity index (χ0n) is 16.8. The number of sulfone groups is 2. The molecule has 3 heterocycles. The van der Waals surface area contributed by atoms with Gasteiger partial charge in [0.05, 0.1) is 27.7 Å². The van der Waals surface area contributed by atoms with E-state index >= 15 is 0 Å². The summed E-state index contributed by atoms with van der Waals surface area (Å²) in [5, 5.41) is 4.44. The Labute approximate surface area is 183 Å². The van der Waals surface area contributed by atoms with Gasteiger partial charge in [-0.2, -0.15) is 0 Å². The molecule has 1 aromatic heterocycles. The number of hydrogen-bond donors (Lipinski definition) is 1. The molecule has 30 heavy (non-hydrogen) atoms. The maximum absolute atomic E-state index is 13.2. The maximum atomic E-state index is 13.2. The Balaban J connectivity index is 1.55. The molecule has 0 amide bonds. The third-order valence-corrected chi connectivity index (χ3v) is 11.2. The zero-order chi connectivity index (χ0) is 21.2. The number of benzene rings is 1. The van der Waals surface area contributed by atoms with E-state index in [2.05, 4.69) is 21.7 Å². The van der Waals surface area contributed by atoms with Crippen molar-refractivity contribution in [3.8, 4) is 0 Å². The van der Waals surface area contributed by atoms with Crippen molar-refractivity contribution in [2.45, 2.75) is 41.5 Å². The molecule has 2 aliphatic heterocycles. The molecule has 4 rings (SSSR count). The minimum Gasteiger partial charge on any atom is -0.310 e. The zero-order valence-corrected chi connectivity index (χ0v) is 19.3. The monoisotopic (exact) mass is 468 g/mol. The van der Waals surface area contributed by atoms with Crippen LogP contribution in [0.5, 0.6) is 0 Å². The van der Waals surface area contributed by atoms with Gasteiger partial charge >= 0.3 is 0 Å². The second-order valence-corrected chi connectivity index (χ2v) is 13.4. The van der Waals surface area contributed by atoms with Gasteiger partial charge in [-0.3, -0.25) is 4.90 Å². The lowest BCUT2D eigenvalue weighted by atomic mass is 10.1. The molecular formula is C21H28N2O4S3. The van der Waals surface area contributed by atoms with Gasteiger partial charge in [0, 0.05) is 17.5 Å². The number of rotatable bonds is 7. The molecule has 0 spiro atoms. The van der Waals surface area contributed by atoms with Gasteiger partial charge in [-0.1, -0.05) is 30.7 Å². The lowest BCUT2D eigenvalue weighted by Crippen LogP contribution is -2.47. The molecule has 1 unspecified atom stereocenters. The van der Waals surface area contributed by atoms with Crippen molar-refractivity contribution in [1.82, 2.24) is 10.2 Å². The summed E-state index contributed by atoms with van der Waals surface area (Å²) in [5.41, 5.74) is 0. The number of hydrogen-bond acceptors (Lipinski definition) is 7. The minimum absolute atomic E-state index is 0.133. The molecule has 2 saturated heterocycles. The molecule has 164 valence electrons. The molecule has 1 aromatic carbocycles. The molecule has 2 aliphatic rings. The van der Waals surface area contributed by atoms with Gasteiger partial charge in [-0.25, -0.2) is 16.8 Å². The average Bonchev–Trinajstić information content (AvgIpc) is 3.38. The van der Waals surface area contributed by atoms with Gasteiger partial charge in [0.1, 0.15) is 0 Å². The highest BCUT2D eigenvalue weighted by Crippen LogP contribution is 2.30. The van der Waals surface area contributed by atoms with E-state index in [0.29, 0.717) is 6.54 Å². The number of nitrogens with zero attached hydrogens (tertiary/aromatic N) is 1. The highest BCUT2D eigenvalue weighted by Gasteiger charge is 2.46. The SMILES string of the molecule is O=S1(=O)C[C@H](NCC(c2cccs2)N2CCCCC2)[C@@H](S(=O)(=O)c2ccccc2)C1. The van der Waals surface area contributed by atoms with E-state index in [1.165, 1.54) is 11.3 Å². The first-order valence-electron chi connectivity index (χ1n) is 10.4. The van der Waals surface area contributed by atoms with Crippen LogP contribution in [-0.2, 0) is 19.7 Å². The van der Waals surface area contributed by atoms with Crippen LogP contribution in [0.1, 0.15) is 30.2 Å². The van der Waals surface area contributed by atoms with Crippen LogP contribution in [-0.4, -0.2) is 64.2 Å². The number of thiophene rings is 1. The maximum Gasteiger partial charge on any atom is 0.183 e. The second kappa shape index (κ2) is 9.08. The summed E-state index contributed by atoms with van der Waals surface area (Å²) in [5.74, 6) is -0.462. The highest BCUT2D eigenvalue weighted by molar-refractivity contribution is 7.96. The molecular weight excluding hydrogens is 440 g/mol. The second-order valence-electron chi connectivity index (χ2n) is 8.12. The van der Waals surface area contributed by atoms with Crippen molar-refractivity contribution in [3.05, 3.63) is 52.7 Å². The standard InChI is InChI=1S/C21H28N2O4S3/c24-29(25)15-18(21(16-29)30(26,27)17-8-3-1-4-9-17)22-14-19(20-10-7-13-28-20)23-11-5-2-6-12-23/h1,3-4,7-10,13,18-19,21-22H,2,5-6,11-12,14-16H2/t18-,19?,21-/m0/s1. The van der Waals surface area contributed by atoms with Gasteiger partial charge in [0.2, 0.25) is 0 Å². The van der Waals surface area contributed by atoms with Crippen molar-refractivity contribution >= 4 is 31.0 Å². The van der Waals surface area contributed by atoms with Crippen molar-refractivity contribution in [2.24, 2.45) is 0 Å². The Morgan fingerprint density at radius 3 is 2.43 bits per heavy atom. The lowest BCUT2D eigenvalue weighted by Gasteiger charge is -2.35. The molecule has 0 radical (unpaired) electrons. The van der Waals surface area contributed by atoms with E-state index in [0.717, 1.165) is 25.9 Å². The molecule has 9 heteroatoms. The number of likely N-dealkylation sites (tertiary alicyclic amines) is 1.